The third-order valence-electron chi connectivity index (χ3n) is 2.36. The van der Waals surface area contributed by atoms with Crippen molar-refractivity contribution in [1.82, 2.24) is 34.9 Å². The van der Waals surface area contributed by atoms with Crippen molar-refractivity contribution in [3.05, 3.63) is 47.8 Å². The Kier molecular flexibility index (Phi) is 3.46. The van der Waals surface area contributed by atoms with Crippen LogP contribution in [0.15, 0.2) is 36.8 Å². The number of aromatic nitrogens is 7. The van der Waals surface area contributed by atoms with Crippen LogP contribution in [-0.2, 0) is 6.54 Å². The summed E-state index contributed by atoms with van der Waals surface area (Å²) in [5.74, 6) is 0.692. The molecule has 0 saturated carbocycles. The fraction of sp³-hybridized carbons (Fsp3) is 0.0909. The number of hydrogen-bond donors (Lipinski definition) is 1. The van der Waals surface area contributed by atoms with Crippen molar-refractivity contribution in [2.75, 3.05) is 5.32 Å². The Morgan fingerprint density at radius 1 is 1.15 bits per heavy atom. The molecule has 3 heterocycles. The van der Waals surface area contributed by atoms with Crippen LogP contribution in [0.5, 0.6) is 0 Å². The molecule has 0 atom stereocenters. The van der Waals surface area contributed by atoms with Gasteiger partial charge in [-0.2, -0.15) is 30.2 Å². The fourth-order valence-corrected chi connectivity index (χ4v) is 1.66. The highest BCUT2D eigenvalue weighted by atomic mass is 35.5. The molecule has 0 aliphatic carbocycles. The summed E-state index contributed by atoms with van der Waals surface area (Å²) in [5, 5.41) is 14.9. The second-order valence-corrected chi connectivity index (χ2v) is 4.09. The van der Waals surface area contributed by atoms with Crippen LogP contribution in [0.3, 0.4) is 0 Å². The van der Waals surface area contributed by atoms with E-state index in [0.717, 1.165) is 5.69 Å². The van der Waals surface area contributed by atoms with Crippen molar-refractivity contribution in [2.24, 2.45) is 0 Å². The number of nitrogens with zero attached hydrogens (tertiary/aromatic N) is 7. The molecular weight excluding hydrogens is 280 g/mol. The van der Waals surface area contributed by atoms with Crippen LogP contribution in [0.25, 0.3) is 5.95 Å². The minimum atomic E-state index is 0.0899. The summed E-state index contributed by atoms with van der Waals surface area (Å²) < 4.78 is 1.50. The van der Waals surface area contributed by atoms with Crippen molar-refractivity contribution in [1.29, 1.82) is 0 Å². The molecule has 0 radical (unpaired) electrons. The van der Waals surface area contributed by atoms with Gasteiger partial charge in [-0.05, 0) is 29.8 Å². The Labute approximate surface area is 118 Å². The first-order chi connectivity index (χ1) is 9.81. The van der Waals surface area contributed by atoms with Crippen molar-refractivity contribution >= 4 is 17.5 Å². The lowest BCUT2D eigenvalue weighted by Crippen LogP contribution is -2.10. The molecule has 9 heteroatoms. The first kappa shape index (κ1) is 12.4. The zero-order valence-electron chi connectivity index (χ0n) is 10.2. The zero-order chi connectivity index (χ0) is 13.8. The predicted octanol–water partition coefficient (Wildman–Crippen LogP) is 1.11. The number of halogens is 1. The van der Waals surface area contributed by atoms with E-state index in [1.165, 1.54) is 4.68 Å². The average molecular weight is 289 g/mol. The lowest BCUT2D eigenvalue weighted by Gasteiger charge is -2.06. The van der Waals surface area contributed by atoms with Crippen LogP contribution in [0.1, 0.15) is 5.69 Å². The van der Waals surface area contributed by atoms with Gasteiger partial charge in [0.1, 0.15) is 0 Å². The molecule has 3 rings (SSSR count). The molecule has 0 bridgehead atoms. The average Bonchev–Trinajstić information content (AvgIpc) is 3.00. The van der Waals surface area contributed by atoms with E-state index in [-0.39, 0.29) is 5.28 Å². The summed E-state index contributed by atoms with van der Waals surface area (Å²) in [6, 6.07) is 5.42. The normalized spacial score (nSPS) is 10.4. The van der Waals surface area contributed by atoms with E-state index < -0.39 is 0 Å². The monoisotopic (exact) mass is 288 g/mol. The number of anilines is 1. The molecule has 3 aromatic rings. The van der Waals surface area contributed by atoms with Gasteiger partial charge in [0, 0.05) is 18.6 Å². The van der Waals surface area contributed by atoms with Crippen molar-refractivity contribution in [3.63, 3.8) is 0 Å². The van der Waals surface area contributed by atoms with Gasteiger partial charge in [-0.1, -0.05) is 0 Å². The molecule has 1 N–H and O–H groups in total. The van der Waals surface area contributed by atoms with Crippen molar-refractivity contribution < 1.29 is 0 Å². The van der Waals surface area contributed by atoms with E-state index in [2.05, 4.69) is 35.6 Å². The summed E-state index contributed by atoms with van der Waals surface area (Å²) in [6.07, 6.45) is 4.96. The lowest BCUT2D eigenvalue weighted by atomic mass is 10.4. The Morgan fingerprint density at radius 2 is 2.10 bits per heavy atom. The molecule has 0 saturated heterocycles. The van der Waals surface area contributed by atoms with Gasteiger partial charge >= 0.3 is 0 Å². The van der Waals surface area contributed by atoms with Crippen LogP contribution in [0, 0.1) is 0 Å². The third kappa shape index (κ3) is 2.86. The maximum Gasteiger partial charge on any atom is 0.256 e. The summed E-state index contributed by atoms with van der Waals surface area (Å²) in [6.45, 7) is 0.437. The minimum absolute atomic E-state index is 0.0899. The molecular formula is C11H9ClN8. The number of hydrogen-bond acceptors (Lipinski definition) is 7. The second-order valence-electron chi connectivity index (χ2n) is 3.75. The van der Waals surface area contributed by atoms with E-state index in [4.69, 9.17) is 11.6 Å². The van der Waals surface area contributed by atoms with Crippen LogP contribution in [-0.4, -0.2) is 34.9 Å². The van der Waals surface area contributed by atoms with Gasteiger partial charge in [-0.3, -0.25) is 0 Å². The molecule has 3 aromatic heterocycles. The van der Waals surface area contributed by atoms with Crippen LogP contribution < -0.4 is 5.32 Å². The Balaban J connectivity index is 1.80. The topological polar surface area (TPSA) is 94.3 Å². The SMILES string of the molecule is Clc1nc(NCc2cccnn2)nc(-n2cccn2)n1. The van der Waals surface area contributed by atoms with Gasteiger partial charge in [0.25, 0.3) is 5.95 Å². The van der Waals surface area contributed by atoms with Crippen molar-refractivity contribution in [3.8, 4) is 5.95 Å². The van der Waals surface area contributed by atoms with Crippen LogP contribution >= 0.6 is 11.6 Å². The molecule has 0 amide bonds. The maximum atomic E-state index is 5.88. The molecule has 0 aromatic carbocycles. The summed E-state index contributed by atoms with van der Waals surface area (Å²) in [4.78, 5) is 12.2. The third-order valence-corrected chi connectivity index (χ3v) is 2.53. The Bertz CT molecular complexity index is 685. The zero-order valence-corrected chi connectivity index (χ0v) is 10.9. The Hall–Kier alpha value is -2.61. The van der Waals surface area contributed by atoms with Gasteiger partial charge in [0.15, 0.2) is 0 Å². The molecule has 0 aliphatic rings. The highest BCUT2D eigenvalue weighted by molar-refractivity contribution is 6.28. The van der Waals surface area contributed by atoms with E-state index in [1.807, 2.05) is 6.07 Å². The molecule has 0 spiro atoms. The largest absolute Gasteiger partial charge is 0.348 e. The minimum Gasteiger partial charge on any atom is -0.348 e. The van der Waals surface area contributed by atoms with Gasteiger partial charge < -0.3 is 5.32 Å². The van der Waals surface area contributed by atoms with E-state index in [0.29, 0.717) is 18.4 Å². The highest BCUT2D eigenvalue weighted by Gasteiger charge is 2.07. The van der Waals surface area contributed by atoms with Crippen molar-refractivity contribution in [2.45, 2.75) is 6.54 Å². The predicted molar refractivity (Wildman–Crippen MR) is 71.3 cm³/mol. The number of rotatable bonds is 4. The smallest absolute Gasteiger partial charge is 0.256 e. The number of nitrogens with one attached hydrogen (secondary N) is 1. The lowest BCUT2D eigenvalue weighted by molar-refractivity contribution is 0.793. The van der Waals surface area contributed by atoms with Gasteiger partial charge in [0.05, 0.1) is 12.2 Å². The van der Waals surface area contributed by atoms with E-state index in [1.54, 1.807) is 30.7 Å². The molecule has 0 unspecified atom stereocenters. The summed E-state index contributed by atoms with van der Waals surface area (Å²) in [5.41, 5.74) is 0.768. The summed E-state index contributed by atoms with van der Waals surface area (Å²) in [7, 11) is 0. The fourth-order valence-electron chi connectivity index (χ4n) is 1.51. The summed E-state index contributed by atoms with van der Waals surface area (Å²) >= 11 is 5.88. The molecule has 0 aliphatic heterocycles. The van der Waals surface area contributed by atoms with Gasteiger partial charge in [-0.15, -0.1) is 0 Å². The molecule has 100 valence electrons. The van der Waals surface area contributed by atoms with Crippen LogP contribution in [0.4, 0.5) is 5.95 Å². The molecule has 0 fully saturated rings. The van der Waals surface area contributed by atoms with Crippen LogP contribution in [0.2, 0.25) is 5.28 Å². The maximum absolute atomic E-state index is 5.88. The highest BCUT2D eigenvalue weighted by Crippen LogP contribution is 2.09. The standard InChI is InChI=1S/C11H9ClN8/c12-9-16-10(13-7-8-3-1-4-14-19-8)18-11(17-9)20-6-2-5-15-20/h1-6H,7H2,(H,13,16,17,18). The molecule has 8 nitrogen and oxygen atoms in total. The quantitative estimate of drug-likeness (QED) is 0.768. The molecule has 20 heavy (non-hydrogen) atoms. The first-order valence-corrected chi connectivity index (χ1v) is 6.11. The van der Waals surface area contributed by atoms with Gasteiger partial charge in [-0.25, -0.2) is 4.68 Å². The Morgan fingerprint density at radius 3 is 2.85 bits per heavy atom. The first-order valence-electron chi connectivity index (χ1n) is 5.73. The van der Waals surface area contributed by atoms with Gasteiger partial charge in [0.2, 0.25) is 11.2 Å². The second kappa shape index (κ2) is 5.57. The van der Waals surface area contributed by atoms with E-state index >= 15 is 0 Å². The van der Waals surface area contributed by atoms with E-state index in [9.17, 15) is 0 Å².